The molecule has 2 unspecified atom stereocenters. The zero-order valence-electron chi connectivity index (χ0n) is 12.2. The molecule has 1 saturated carbocycles. The second-order valence-electron chi connectivity index (χ2n) is 5.95. The van der Waals surface area contributed by atoms with E-state index in [-0.39, 0.29) is 0 Å². The van der Waals surface area contributed by atoms with E-state index in [1.165, 1.54) is 38.6 Å². The summed E-state index contributed by atoms with van der Waals surface area (Å²) in [7, 11) is 0. The van der Waals surface area contributed by atoms with Crippen LogP contribution in [0.3, 0.4) is 0 Å². The zero-order valence-corrected chi connectivity index (χ0v) is 12.2. The maximum Gasteiger partial charge on any atom is 0.0593 e. The van der Waals surface area contributed by atoms with E-state index < -0.39 is 0 Å². The molecule has 0 radical (unpaired) electrons. The number of piperazine rings is 1. The van der Waals surface area contributed by atoms with Crippen LogP contribution in [0.2, 0.25) is 0 Å². The molecule has 0 aromatic heterocycles. The molecule has 0 amide bonds. The zero-order chi connectivity index (χ0) is 12.8. The van der Waals surface area contributed by atoms with Gasteiger partial charge in [0.25, 0.3) is 0 Å². The molecule has 1 N–H and O–H groups in total. The Morgan fingerprint density at radius 2 is 2.00 bits per heavy atom. The summed E-state index contributed by atoms with van der Waals surface area (Å²) in [5.41, 5.74) is 0. The summed E-state index contributed by atoms with van der Waals surface area (Å²) in [6.07, 6.45) is 7.21. The van der Waals surface area contributed by atoms with Gasteiger partial charge in [0.15, 0.2) is 0 Å². The highest BCUT2D eigenvalue weighted by molar-refractivity contribution is 4.89. The van der Waals surface area contributed by atoms with Crippen LogP contribution in [0.25, 0.3) is 0 Å². The molecule has 2 aliphatic rings. The molecule has 18 heavy (non-hydrogen) atoms. The third-order valence-electron chi connectivity index (χ3n) is 4.68. The highest BCUT2D eigenvalue weighted by Crippen LogP contribution is 2.28. The largest absolute Gasteiger partial charge is 0.380 e. The number of nitrogens with zero attached hydrogens (tertiary/aromatic N) is 1. The third-order valence-corrected chi connectivity index (χ3v) is 4.68. The van der Waals surface area contributed by atoms with E-state index in [9.17, 15) is 0 Å². The fourth-order valence-electron chi connectivity index (χ4n) is 3.44. The molecule has 1 heterocycles. The maximum atomic E-state index is 5.50. The SMILES string of the molecule is CCOCCN1CC(C2CCCCC2)NCC1C. The predicted octanol–water partition coefficient (Wildman–Crippen LogP) is 2.27. The molecule has 0 aromatic carbocycles. The van der Waals surface area contributed by atoms with Gasteiger partial charge in [0, 0.05) is 38.3 Å². The molecule has 2 fully saturated rings. The summed E-state index contributed by atoms with van der Waals surface area (Å²) in [6, 6.07) is 1.38. The molecule has 0 spiro atoms. The Balaban J connectivity index is 1.79. The van der Waals surface area contributed by atoms with Crippen LogP contribution in [0.5, 0.6) is 0 Å². The van der Waals surface area contributed by atoms with Crippen LogP contribution < -0.4 is 5.32 Å². The molecule has 106 valence electrons. The van der Waals surface area contributed by atoms with Crippen molar-refractivity contribution in [1.29, 1.82) is 0 Å². The summed E-state index contributed by atoms with van der Waals surface area (Å²) in [5.74, 6) is 0.917. The quantitative estimate of drug-likeness (QED) is 0.762. The molecule has 0 aromatic rings. The Bertz CT molecular complexity index is 229. The van der Waals surface area contributed by atoms with Gasteiger partial charge in [-0.2, -0.15) is 0 Å². The summed E-state index contributed by atoms with van der Waals surface area (Å²) in [4.78, 5) is 2.62. The standard InChI is InChI=1S/C15H30N2O/c1-3-18-10-9-17-12-15(16-11-13(17)2)14-7-5-4-6-8-14/h13-16H,3-12H2,1-2H3. The van der Waals surface area contributed by atoms with Gasteiger partial charge in [0.1, 0.15) is 0 Å². The van der Waals surface area contributed by atoms with Crippen LogP contribution in [0.4, 0.5) is 0 Å². The lowest BCUT2D eigenvalue weighted by Crippen LogP contribution is -2.58. The van der Waals surface area contributed by atoms with Crippen LogP contribution in [0, 0.1) is 5.92 Å². The van der Waals surface area contributed by atoms with Gasteiger partial charge >= 0.3 is 0 Å². The summed E-state index contributed by atoms with van der Waals surface area (Å²) < 4.78 is 5.50. The molecule has 1 aliphatic carbocycles. The predicted molar refractivity (Wildman–Crippen MR) is 75.9 cm³/mol. The lowest BCUT2D eigenvalue weighted by molar-refractivity contribution is 0.0613. The van der Waals surface area contributed by atoms with Crippen molar-refractivity contribution < 1.29 is 4.74 Å². The number of hydrogen-bond donors (Lipinski definition) is 1. The van der Waals surface area contributed by atoms with Gasteiger partial charge in [-0.1, -0.05) is 19.3 Å². The van der Waals surface area contributed by atoms with Crippen molar-refractivity contribution in [2.75, 3.05) is 32.8 Å². The number of rotatable bonds is 5. The first-order chi connectivity index (χ1) is 8.81. The Morgan fingerprint density at radius 1 is 1.22 bits per heavy atom. The topological polar surface area (TPSA) is 24.5 Å². The average Bonchev–Trinajstić information content (AvgIpc) is 2.42. The first kappa shape index (κ1) is 14.3. The minimum Gasteiger partial charge on any atom is -0.380 e. The van der Waals surface area contributed by atoms with Gasteiger partial charge in [-0.15, -0.1) is 0 Å². The Labute approximate surface area is 112 Å². The van der Waals surface area contributed by atoms with E-state index in [0.717, 1.165) is 38.3 Å². The molecule has 1 saturated heterocycles. The first-order valence-corrected chi connectivity index (χ1v) is 7.86. The molecule has 1 aliphatic heterocycles. The summed E-state index contributed by atoms with van der Waals surface area (Å²) in [5, 5.41) is 3.78. The van der Waals surface area contributed by atoms with Crippen molar-refractivity contribution >= 4 is 0 Å². The Kier molecular flexibility index (Phi) is 5.93. The van der Waals surface area contributed by atoms with Gasteiger partial charge in [-0.05, 0) is 32.6 Å². The van der Waals surface area contributed by atoms with Gasteiger partial charge in [-0.3, -0.25) is 4.90 Å². The van der Waals surface area contributed by atoms with Crippen molar-refractivity contribution in [2.24, 2.45) is 5.92 Å². The minimum absolute atomic E-state index is 0.658. The Morgan fingerprint density at radius 3 is 2.72 bits per heavy atom. The van der Waals surface area contributed by atoms with Crippen molar-refractivity contribution in [3.8, 4) is 0 Å². The van der Waals surface area contributed by atoms with Crippen molar-refractivity contribution in [3.05, 3.63) is 0 Å². The smallest absolute Gasteiger partial charge is 0.0593 e. The lowest BCUT2D eigenvalue weighted by Gasteiger charge is -2.42. The van der Waals surface area contributed by atoms with Gasteiger partial charge < -0.3 is 10.1 Å². The van der Waals surface area contributed by atoms with Crippen LogP contribution in [0.15, 0.2) is 0 Å². The van der Waals surface area contributed by atoms with E-state index in [2.05, 4.69) is 24.1 Å². The van der Waals surface area contributed by atoms with Crippen LogP contribution >= 0.6 is 0 Å². The normalized spacial score (nSPS) is 31.7. The second kappa shape index (κ2) is 7.46. The van der Waals surface area contributed by atoms with E-state index in [1.807, 2.05) is 0 Å². The van der Waals surface area contributed by atoms with Gasteiger partial charge in [0.2, 0.25) is 0 Å². The van der Waals surface area contributed by atoms with E-state index in [0.29, 0.717) is 6.04 Å². The van der Waals surface area contributed by atoms with Crippen LogP contribution in [0.1, 0.15) is 46.0 Å². The summed E-state index contributed by atoms with van der Waals surface area (Å²) >= 11 is 0. The number of hydrogen-bond acceptors (Lipinski definition) is 3. The van der Waals surface area contributed by atoms with Crippen molar-refractivity contribution in [2.45, 2.75) is 58.0 Å². The molecule has 2 atom stereocenters. The van der Waals surface area contributed by atoms with Crippen LogP contribution in [-0.2, 0) is 4.74 Å². The molecule has 0 bridgehead atoms. The minimum atomic E-state index is 0.658. The molecular weight excluding hydrogens is 224 g/mol. The highest BCUT2D eigenvalue weighted by atomic mass is 16.5. The fraction of sp³-hybridized carbons (Fsp3) is 1.00. The van der Waals surface area contributed by atoms with Gasteiger partial charge in [-0.25, -0.2) is 0 Å². The lowest BCUT2D eigenvalue weighted by atomic mass is 9.82. The number of ether oxygens (including phenoxy) is 1. The average molecular weight is 254 g/mol. The first-order valence-electron chi connectivity index (χ1n) is 7.86. The van der Waals surface area contributed by atoms with E-state index in [4.69, 9.17) is 4.74 Å². The third kappa shape index (κ3) is 3.94. The van der Waals surface area contributed by atoms with Crippen LogP contribution in [-0.4, -0.2) is 49.8 Å². The van der Waals surface area contributed by atoms with E-state index >= 15 is 0 Å². The Hall–Kier alpha value is -0.120. The fourth-order valence-corrected chi connectivity index (χ4v) is 3.44. The monoisotopic (exact) mass is 254 g/mol. The molecule has 2 rings (SSSR count). The number of nitrogens with one attached hydrogen (secondary N) is 1. The van der Waals surface area contributed by atoms with E-state index in [1.54, 1.807) is 0 Å². The molecule has 3 nitrogen and oxygen atoms in total. The second-order valence-corrected chi connectivity index (χ2v) is 5.95. The highest BCUT2D eigenvalue weighted by Gasteiger charge is 2.30. The molecule has 3 heteroatoms. The van der Waals surface area contributed by atoms with Crippen molar-refractivity contribution in [1.82, 2.24) is 10.2 Å². The van der Waals surface area contributed by atoms with Crippen molar-refractivity contribution in [3.63, 3.8) is 0 Å². The summed E-state index contributed by atoms with van der Waals surface area (Å²) in [6.45, 7) is 9.60. The van der Waals surface area contributed by atoms with Gasteiger partial charge in [0.05, 0.1) is 6.61 Å². The maximum absolute atomic E-state index is 5.50. The molecular formula is C15H30N2O.